The van der Waals surface area contributed by atoms with Crippen LogP contribution in [0.25, 0.3) is 0 Å². The molecule has 0 spiro atoms. The minimum absolute atomic E-state index is 0.0413. The van der Waals surface area contributed by atoms with Crippen LogP contribution in [0.15, 0.2) is 12.2 Å². The van der Waals surface area contributed by atoms with Gasteiger partial charge in [0.2, 0.25) is 0 Å². The quantitative estimate of drug-likeness (QED) is 0.253. The van der Waals surface area contributed by atoms with E-state index in [-0.39, 0.29) is 13.2 Å². The Bertz CT molecular complexity index is 372. The van der Waals surface area contributed by atoms with Crippen molar-refractivity contribution in [1.82, 2.24) is 0 Å². The lowest BCUT2D eigenvalue weighted by Crippen LogP contribution is -2.55. The first kappa shape index (κ1) is 25.6. The Morgan fingerprint density at radius 2 is 1.43 bits per heavy atom. The molecule has 5 nitrogen and oxygen atoms in total. The number of rotatable bonds is 17. The molecule has 166 valence electrons. The fourth-order valence-corrected chi connectivity index (χ4v) is 3.61. The monoisotopic (exact) mass is 400 g/mol. The number of aliphatic hydroxyl groups is 3. The van der Waals surface area contributed by atoms with E-state index < -0.39 is 24.4 Å². The van der Waals surface area contributed by atoms with Gasteiger partial charge in [-0.2, -0.15) is 0 Å². The molecule has 1 rings (SSSR count). The van der Waals surface area contributed by atoms with E-state index in [0.29, 0.717) is 6.61 Å². The van der Waals surface area contributed by atoms with Gasteiger partial charge in [0.15, 0.2) is 0 Å². The first-order valence-electron chi connectivity index (χ1n) is 11.6. The summed E-state index contributed by atoms with van der Waals surface area (Å²) >= 11 is 0. The molecule has 4 atom stereocenters. The van der Waals surface area contributed by atoms with E-state index >= 15 is 0 Å². The Labute approximate surface area is 172 Å². The van der Waals surface area contributed by atoms with Gasteiger partial charge in [-0.15, -0.1) is 0 Å². The van der Waals surface area contributed by atoms with Crippen molar-refractivity contribution in [2.24, 2.45) is 0 Å². The van der Waals surface area contributed by atoms with Gasteiger partial charge in [0.25, 0.3) is 0 Å². The fraction of sp³-hybridized carbons (Fsp3) is 0.913. The first-order valence-corrected chi connectivity index (χ1v) is 11.6. The van der Waals surface area contributed by atoms with Crippen molar-refractivity contribution in [3.8, 4) is 0 Å². The number of hydrogen-bond donors (Lipinski definition) is 3. The SMILES string of the molecule is CCCCCCCC/C=C/CCCCCCCO[C@@H]1[C@@H](O)[C@H](O)CO[C@H]1CO. The van der Waals surface area contributed by atoms with Crippen molar-refractivity contribution < 1.29 is 24.8 Å². The summed E-state index contributed by atoms with van der Waals surface area (Å²) < 4.78 is 11.0. The lowest BCUT2D eigenvalue weighted by atomic mass is 10.0. The van der Waals surface area contributed by atoms with Gasteiger partial charge in [-0.25, -0.2) is 0 Å². The van der Waals surface area contributed by atoms with E-state index in [9.17, 15) is 15.3 Å². The van der Waals surface area contributed by atoms with Crippen molar-refractivity contribution in [2.75, 3.05) is 19.8 Å². The molecular formula is C23H44O5. The van der Waals surface area contributed by atoms with Crippen LogP contribution in [0.1, 0.15) is 90.4 Å². The highest BCUT2D eigenvalue weighted by Gasteiger charge is 2.39. The van der Waals surface area contributed by atoms with E-state index in [2.05, 4.69) is 19.1 Å². The highest BCUT2D eigenvalue weighted by Crippen LogP contribution is 2.19. The zero-order valence-electron chi connectivity index (χ0n) is 17.9. The zero-order valence-corrected chi connectivity index (χ0v) is 17.9. The van der Waals surface area contributed by atoms with Crippen molar-refractivity contribution in [2.45, 2.75) is 115 Å². The molecule has 0 saturated carbocycles. The average molecular weight is 401 g/mol. The minimum atomic E-state index is -0.992. The van der Waals surface area contributed by atoms with E-state index in [4.69, 9.17) is 9.47 Å². The van der Waals surface area contributed by atoms with Crippen molar-refractivity contribution in [3.63, 3.8) is 0 Å². The number of aliphatic hydroxyl groups excluding tert-OH is 3. The molecule has 5 heteroatoms. The molecule has 0 amide bonds. The third-order valence-corrected chi connectivity index (χ3v) is 5.47. The van der Waals surface area contributed by atoms with Gasteiger partial charge < -0.3 is 24.8 Å². The van der Waals surface area contributed by atoms with Crippen LogP contribution in [0.5, 0.6) is 0 Å². The first-order chi connectivity index (χ1) is 13.7. The second-order valence-electron chi connectivity index (χ2n) is 8.03. The molecule has 0 radical (unpaired) electrons. The third-order valence-electron chi connectivity index (χ3n) is 5.47. The van der Waals surface area contributed by atoms with Gasteiger partial charge in [-0.05, 0) is 32.1 Å². The molecule has 28 heavy (non-hydrogen) atoms. The smallest absolute Gasteiger partial charge is 0.114 e. The molecular weight excluding hydrogens is 356 g/mol. The van der Waals surface area contributed by atoms with Gasteiger partial charge in [-0.1, -0.05) is 70.4 Å². The molecule has 1 fully saturated rings. The van der Waals surface area contributed by atoms with Crippen LogP contribution in [0.2, 0.25) is 0 Å². The van der Waals surface area contributed by atoms with E-state index in [1.165, 1.54) is 70.6 Å². The topological polar surface area (TPSA) is 79.2 Å². The third kappa shape index (κ3) is 11.5. The molecule has 0 unspecified atom stereocenters. The van der Waals surface area contributed by atoms with Crippen LogP contribution < -0.4 is 0 Å². The summed E-state index contributed by atoms with van der Waals surface area (Å²) in [6, 6.07) is 0. The summed E-state index contributed by atoms with van der Waals surface area (Å²) in [5.41, 5.74) is 0. The highest BCUT2D eigenvalue weighted by molar-refractivity contribution is 4.87. The Morgan fingerprint density at radius 1 is 0.857 bits per heavy atom. The van der Waals surface area contributed by atoms with Gasteiger partial charge in [0, 0.05) is 6.61 Å². The lowest BCUT2D eigenvalue weighted by molar-refractivity contribution is -0.211. The number of unbranched alkanes of at least 4 members (excludes halogenated alkanes) is 11. The second-order valence-corrected chi connectivity index (χ2v) is 8.03. The second kappa shape index (κ2) is 17.4. The van der Waals surface area contributed by atoms with Crippen LogP contribution in [0, 0.1) is 0 Å². The van der Waals surface area contributed by atoms with Gasteiger partial charge in [0.05, 0.1) is 13.2 Å². The van der Waals surface area contributed by atoms with Crippen LogP contribution in [-0.4, -0.2) is 59.6 Å². The summed E-state index contributed by atoms with van der Waals surface area (Å²) in [7, 11) is 0. The summed E-state index contributed by atoms with van der Waals surface area (Å²) in [4.78, 5) is 0. The molecule has 0 bridgehead atoms. The molecule has 3 N–H and O–H groups in total. The number of hydrogen-bond acceptors (Lipinski definition) is 5. The molecule has 1 saturated heterocycles. The van der Waals surface area contributed by atoms with E-state index in [1.807, 2.05) is 0 Å². The Morgan fingerprint density at radius 3 is 2.04 bits per heavy atom. The minimum Gasteiger partial charge on any atom is -0.394 e. The van der Waals surface area contributed by atoms with E-state index in [0.717, 1.165) is 12.8 Å². The number of ether oxygens (including phenoxy) is 2. The normalized spacial score (nSPS) is 25.6. The summed E-state index contributed by atoms with van der Waals surface area (Å²) in [6.45, 7) is 2.61. The summed E-state index contributed by atoms with van der Waals surface area (Å²) in [5, 5.41) is 28.9. The average Bonchev–Trinajstić information content (AvgIpc) is 2.70. The van der Waals surface area contributed by atoms with Gasteiger partial charge in [-0.3, -0.25) is 0 Å². The Balaban J connectivity index is 1.90. The van der Waals surface area contributed by atoms with Crippen molar-refractivity contribution in [3.05, 3.63) is 12.2 Å². The van der Waals surface area contributed by atoms with Crippen LogP contribution in [0.3, 0.4) is 0 Å². The maximum Gasteiger partial charge on any atom is 0.114 e. The maximum absolute atomic E-state index is 9.99. The molecule has 0 aliphatic carbocycles. The van der Waals surface area contributed by atoms with Crippen molar-refractivity contribution in [1.29, 1.82) is 0 Å². The maximum atomic E-state index is 9.99. The molecule has 0 aromatic heterocycles. The van der Waals surface area contributed by atoms with Crippen LogP contribution in [0.4, 0.5) is 0 Å². The van der Waals surface area contributed by atoms with Crippen LogP contribution in [-0.2, 0) is 9.47 Å². The van der Waals surface area contributed by atoms with E-state index in [1.54, 1.807) is 0 Å². The molecule has 0 aromatic carbocycles. The van der Waals surface area contributed by atoms with Gasteiger partial charge in [0.1, 0.15) is 24.4 Å². The van der Waals surface area contributed by atoms with Crippen molar-refractivity contribution >= 4 is 0 Å². The van der Waals surface area contributed by atoms with Crippen LogP contribution >= 0.6 is 0 Å². The summed E-state index contributed by atoms with van der Waals surface area (Å²) in [6.07, 6.45) is 17.8. The van der Waals surface area contributed by atoms with Gasteiger partial charge >= 0.3 is 0 Å². The highest BCUT2D eigenvalue weighted by atomic mass is 16.6. The predicted molar refractivity (Wildman–Crippen MR) is 113 cm³/mol. The molecule has 1 aliphatic heterocycles. The largest absolute Gasteiger partial charge is 0.394 e. The zero-order chi connectivity index (χ0) is 20.5. The molecule has 1 heterocycles. The number of allylic oxidation sites excluding steroid dienone is 2. The summed E-state index contributed by atoms with van der Waals surface area (Å²) in [5.74, 6) is 0. The lowest BCUT2D eigenvalue weighted by Gasteiger charge is -2.37. The Kier molecular flexibility index (Phi) is 15.9. The standard InChI is InChI=1S/C23H44O5/c1-2-3-4-5-6-7-8-9-10-11-12-13-14-15-16-17-27-23-21(18-24)28-19-20(25)22(23)26/h9-10,20-26H,2-8,11-19H2,1H3/b10-9+/t20-,21+,22+,23+/m1/s1. The Hall–Kier alpha value is -0.460. The predicted octanol–water partition coefficient (Wildman–Crippen LogP) is 4.13. The fourth-order valence-electron chi connectivity index (χ4n) is 3.61. The molecule has 1 aliphatic rings. The molecule has 0 aromatic rings.